The number of piperidine rings is 1. The third kappa shape index (κ3) is 9.08. The minimum atomic E-state index is 0.375. The van der Waals surface area contributed by atoms with E-state index in [1.807, 2.05) is 20.0 Å². The van der Waals surface area contributed by atoms with E-state index in [0.717, 1.165) is 31.2 Å². The van der Waals surface area contributed by atoms with Crippen LogP contribution in [0.1, 0.15) is 110 Å². The van der Waals surface area contributed by atoms with Gasteiger partial charge in [-0.1, -0.05) is 47.0 Å². The number of carbonyl (C=O) groups is 1. The summed E-state index contributed by atoms with van der Waals surface area (Å²) in [7, 11) is 0. The fraction of sp³-hybridized carbons (Fsp3) is 0.852. The van der Waals surface area contributed by atoms with Gasteiger partial charge in [-0.2, -0.15) is 5.10 Å². The standard InChI is InChI=1S/C25H43N3O.C2H6/c1-20(2)25-17-26-28(19-25)18-23-12-15-27(16-13-23)14-6-4-5-7-22-8-10-24(11-9-22)21(3)29;1-2/h17,19-20,22-24H,4-16,18H2,1-3H3;1-2H3. The molecular weight excluding hydrogens is 382 g/mol. The molecule has 0 spiro atoms. The van der Waals surface area contributed by atoms with E-state index in [-0.39, 0.29) is 0 Å². The molecule has 0 amide bonds. The van der Waals surface area contributed by atoms with Crippen LogP contribution in [0.4, 0.5) is 0 Å². The summed E-state index contributed by atoms with van der Waals surface area (Å²) in [6.07, 6.45) is 17.3. The molecule has 0 unspecified atom stereocenters. The first-order valence-corrected chi connectivity index (χ1v) is 13.3. The monoisotopic (exact) mass is 431 g/mol. The largest absolute Gasteiger partial charge is 0.303 e. The van der Waals surface area contributed by atoms with Crippen molar-refractivity contribution in [3.8, 4) is 0 Å². The normalized spacial score (nSPS) is 22.9. The Labute approximate surface area is 192 Å². The summed E-state index contributed by atoms with van der Waals surface area (Å²) in [4.78, 5) is 14.2. The van der Waals surface area contributed by atoms with Gasteiger partial charge in [0.1, 0.15) is 5.78 Å². The van der Waals surface area contributed by atoms with E-state index < -0.39 is 0 Å². The van der Waals surface area contributed by atoms with Crippen molar-refractivity contribution in [1.29, 1.82) is 0 Å². The summed E-state index contributed by atoms with van der Waals surface area (Å²) in [5.74, 6) is 3.04. The van der Waals surface area contributed by atoms with Crippen molar-refractivity contribution in [3.05, 3.63) is 18.0 Å². The number of likely N-dealkylation sites (tertiary alicyclic amines) is 1. The maximum atomic E-state index is 11.5. The Morgan fingerprint density at radius 3 is 2.26 bits per heavy atom. The first kappa shape index (κ1) is 26.1. The van der Waals surface area contributed by atoms with Crippen LogP contribution >= 0.6 is 0 Å². The summed E-state index contributed by atoms with van der Waals surface area (Å²) in [5.41, 5.74) is 1.36. The van der Waals surface area contributed by atoms with Gasteiger partial charge in [0.25, 0.3) is 0 Å². The molecule has 1 aromatic rings. The zero-order valence-electron chi connectivity index (χ0n) is 21.1. The van der Waals surface area contributed by atoms with Crippen LogP contribution in [0.15, 0.2) is 12.4 Å². The number of carbonyl (C=O) groups excluding carboxylic acids is 1. The molecule has 0 atom stereocenters. The molecule has 2 fully saturated rings. The lowest BCUT2D eigenvalue weighted by Gasteiger charge is -2.32. The van der Waals surface area contributed by atoms with E-state index in [1.165, 1.54) is 76.6 Å². The Morgan fingerprint density at radius 2 is 1.68 bits per heavy atom. The predicted molar refractivity (Wildman–Crippen MR) is 131 cm³/mol. The molecule has 3 rings (SSSR count). The number of ketones is 1. The predicted octanol–water partition coefficient (Wildman–Crippen LogP) is 6.70. The van der Waals surface area contributed by atoms with Gasteiger partial charge in [-0.05, 0) is 94.8 Å². The lowest BCUT2D eigenvalue weighted by molar-refractivity contribution is -0.121. The molecule has 0 bridgehead atoms. The molecule has 178 valence electrons. The second-order valence-corrected chi connectivity index (χ2v) is 10.1. The Balaban J connectivity index is 0.00000166. The van der Waals surface area contributed by atoms with Crippen molar-refractivity contribution in [2.75, 3.05) is 19.6 Å². The molecule has 0 N–H and O–H groups in total. The number of nitrogens with zero attached hydrogens (tertiary/aromatic N) is 3. The first-order chi connectivity index (χ1) is 15.0. The Morgan fingerprint density at radius 1 is 1.00 bits per heavy atom. The van der Waals surface area contributed by atoms with Crippen LogP contribution in [0, 0.1) is 17.8 Å². The number of rotatable bonds is 10. The molecule has 1 aliphatic heterocycles. The maximum Gasteiger partial charge on any atom is 0.132 e. The topological polar surface area (TPSA) is 38.1 Å². The summed E-state index contributed by atoms with van der Waals surface area (Å²) in [6, 6.07) is 0. The fourth-order valence-electron chi connectivity index (χ4n) is 5.24. The number of unbranched alkanes of at least 4 members (excludes halogenated alkanes) is 2. The quantitative estimate of drug-likeness (QED) is 0.387. The van der Waals surface area contributed by atoms with Gasteiger partial charge < -0.3 is 4.90 Å². The van der Waals surface area contributed by atoms with Crippen LogP contribution in [0.25, 0.3) is 0 Å². The summed E-state index contributed by atoms with van der Waals surface area (Å²) >= 11 is 0. The molecule has 0 radical (unpaired) electrons. The van der Waals surface area contributed by atoms with Crippen LogP contribution < -0.4 is 0 Å². The van der Waals surface area contributed by atoms with Gasteiger partial charge >= 0.3 is 0 Å². The van der Waals surface area contributed by atoms with E-state index >= 15 is 0 Å². The third-order valence-electron chi connectivity index (χ3n) is 7.48. The molecule has 4 nitrogen and oxygen atoms in total. The van der Waals surface area contributed by atoms with E-state index in [1.54, 1.807) is 6.92 Å². The van der Waals surface area contributed by atoms with Gasteiger partial charge in [0, 0.05) is 18.7 Å². The highest BCUT2D eigenvalue weighted by Crippen LogP contribution is 2.32. The highest BCUT2D eigenvalue weighted by atomic mass is 16.1. The van der Waals surface area contributed by atoms with Gasteiger partial charge in [-0.15, -0.1) is 0 Å². The minimum absolute atomic E-state index is 0.375. The van der Waals surface area contributed by atoms with Crippen LogP contribution in [0.2, 0.25) is 0 Å². The molecule has 0 aromatic carbocycles. The number of Topliss-reactive ketones (excluding diaryl/α,β-unsaturated/α-hetero) is 1. The smallest absolute Gasteiger partial charge is 0.132 e. The van der Waals surface area contributed by atoms with Crippen LogP contribution in [-0.4, -0.2) is 40.1 Å². The Kier molecular flexibility index (Phi) is 11.9. The van der Waals surface area contributed by atoms with Gasteiger partial charge in [-0.3, -0.25) is 9.48 Å². The van der Waals surface area contributed by atoms with Crippen molar-refractivity contribution in [3.63, 3.8) is 0 Å². The van der Waals surface area contributed by atoms with E-state index in [4.69, 9.17) is 0 Å². The second kappa shape index (κ2) is 14.1. The number of hydrogen-bond donors (Lipinski definition) is 0. The third-order valence-corrected chi connectivity index (χ3v) is 7.48. The zero-order valence-corrected chi connectivity index (χ0v) is 21.1. The van der Waals surface area contributed by atoms with Crippen LogP contribution in [0.3, 0.4) is 0 Å². The van der Waals surface area contributed by atoms with E-state index in [9.17, 15) is 4.79 Å². The SMILES string of the molecule is CC.CC(=O)C1CCC(CCCCCN2CCC(Cn3cc(C(C)C)cn3)CC2)CC1. The summed E-state index contributed by atoms with van der Waals surface area (Å²) in [6.45, 7) is 15.1. The summed E-state index contributed by atoms with van der Waals surface area (Å²) in [5, 5.41) is 4.56. The van der Waals surface area contributed by atoms with Crippen molar-refractivity contribution < 1.29 is 4.79 Å². The summed E-state index contributed by atoms with van der Waals surface area (Å²) < 4.78 is 2.17. The van der Waals surface area contributed by atoms with Gasteiger partial charge in [0.05, 0.1) is 6.20 Å². The first-order valence-electron chi connectivity index (χ1n) is 13.3. The molecule has 1 aliphatic carbocycles. The van der Waals surface area contributed by atoms with E-state index in [2.05, 4.69) is 34.7 Å². The lowest BCUT2D eigenvalue weighted by atomic mass is 9.78. The highest BCUT2D eigenvalue weighted by molar-refractivity contribution is 5.78. The molecule has 1 aromatic heterocycles. The maximum absolute atomic E-state index is 11.5. The minimum Gasteiger partial charge on any atom is -0.303 e. The average molecular weight is 432 g/mol. The molecule has 2 heterocycles. The van der Waals surface area contributed by atoms with E-state index in [0.29, 0.717) is 17.6 Å². The Bertz CT molecular complexity index is 608. The molecule has 31 heavy (non-hydrogen) atoms. The van der Waals surface area contributed by atoms with Crippen LogP contribution in [-0.2, 0) is 11.3 Å². The van der Waals surface area contributed by atoms with Crippen LogP contribution in [0.5, 0.6) is 0 Å². The highest BCUT2D eigenvalue weighted by Gasteiger charge is 2.23. The second-order valence-electron chi connectivity index (χ2n) is 10.1. The molecule has 2 aliphatic rings. The Hall–Kier alpha value is -1.16. The average Bonchev–Trinajstić information content (AvgIpc) is 3.25. The van der Waals surface area contributed by atoms with Crippen molar-refractivity contribution >= 4 is 5.78 Å². The molecular formula is C27H49N3O. The van der Waals surface area contributed by atoms with Gasteiger partial charge in [0.2, 0.25) is 0 Å². The fourth-order valence-corrected chi connectivity index (χ4v) is 5.24. The zero-order chi connectivity index (χ0) is 22.6. The molecule has 1 saturated heterocycles. The van der Waals surface area contributed by atoms with Gasteiger partial charge in [-0.25, -0.2) is 0 Å². The van der Waals surface area contributed by atoms with Crippen molar-refractivity contribution in [2.24, 2.45) is 17.8 Å². The van der Waals surface area contributed by atoms with Gasteiger partial charge in [0.15, 0.2) is 0 Å². The number of aromatic nitrogens is 2. The molecule has 4 heteroatoms. The number of hydrogen-bond acceptors (Lipinski definition) is 3. The van der Waals surface area contributed by atoms with Crippen molar-refractivity contribution in [2.45, 2.75) is 111 Å². The van der Waals surface area contributed by atoms with Crippen molar-refractivity contribution in [1.82, 2.24) is 14.7 Å². The molecule has 1 saturated carbocycles. The lowest BCUT2D eigenvalue weighted by Crippen LogP contribution is -2.35.